The van der Waals surface area contributed by atoms with Crippen molar-refractivity contribution in [1.82, 2.24) is 14.7 Å². The van der Waals surface area contributed by atoms with Crippen LogP contribution in [0.4, 0.5) is 35.1 Å². The van der Waals surface area contributed by atoms with E-state index in [1.54, 1.807) is 0 Å². The highest BCUT2D eigenvalue weighted by Crippen LogP contribution is 2.43. The number of carbonyl (C=O) groups excluding carboxylic acids is 1. The number of hydrogen-bond acceptors (Lipinski definition) is 4. The van der Waals surface area contributed by atoms with Gasteiger partial charge in [-0.3, -0.25) is 9.48 Å². The summed E-state index contributed by atoms with van der Waals surface area (Å²) in [4.78, 5) is 12.8. The van der Waals surface area contributed by atoms with Crippen LogP contribution < -0.4 is 0 Å². The van der Waals surface area contributed by atoms with Crippen molar-refractivity contribution in [3.8, 4) is 0 Å². The van der Waals surface area contributed by atoms with Gasteiger partial charge in [-0.25, -0.2) is 17.2 Å². The van der Waals surface area contributed by atoms with Gasteiger partial charge in [-0.1, -0.05) is 0 Å². The molecule has 15 heteroatoms. The summed E-state index contributed by atoms with van der Waals surface area (Å²) in [7, 11) is -5.05. The molecule has 35 heavy (non-hydrogen) atoms. The van der Waals surface area contributed by atoms with Gasteiger partial charge < -0.3 is 4.90 Å². The molecule has 1 aromatic heterocycles. The van der Waals surface area contributed by atoms with Gasteiger partial charge in [-0.15, -0.1) is 0 Å². The van der Waals surface area contributed by atoms with Gasteiger partial charge >= 0.3 is 12.4 Å². The number of rotatable bonds is 3. The summed E-state index contributed by atoms with van der Waals surface area (Å²) in [5, 5.41) is 0.357. The first-order valence-corrected chi connectivity index (χ1v) is 11.8. The van der Waals surface area contributed by atoms with Crippen LogP contribution in [0.3, 0.4) is 0 Å². The summed E-state index contributed by atoms with van der Waals surface area (Å²) in [5.41, 5.74) is -3.14. The Morgan fingerprint density at radius 2 is 1.57 bits per heavy atom. The molecule has 1 aliphatic carbocycles. The Hall–Kier alpha value is -2.71. The lowest BCUT2D eigenvalue weighted by Gasteiger charge is -2.40. The Bertz CT molecular complexity index is 1260. The van der Waals surface area contributed by atoms with E-state index in [0.717, 1.165) is 4.68 Å². The fraction of sp³-hybridized carbons (Fsp3) is 0.500. The lowest BCUT2D eigenvalue weighted by atomic mass is 9.91. The molecule has 0 N–H and O–H groups in total. The van der Waals surface area contributed by atoms with Crippen LogP contribution in [0, 0.1) is 5.82 Å². The summed E-state index contributed by atoms with van der Waals surface area (Å²) in [6.07, 6.45) is -11.7. The fourth-order valence-corrected chi connectivity index (χ4v) is 6.15. The highest BCUT2D eigenvalue weighted by Gasteiger charge is 2.50. The summed E-state index contributed by atoms with van der Waals surface area (Å²) in [6, 6.07) is 0.462. The monoisotopic (exact) mass is 531 g/mol. The van der Waals surface area contributed by atoms with E-state index < -0.39 is 74.0 Å². The van der Waals surface area contributed by atoms with Crippen LogP contribution in [-0.4, -0.2) is 46.6 Å². The lowest BCUT2D eigenvalue weighted by molar-refractivity contribution is -0.141. The Kier molecular flexibility index (Phi) is 5.92. The smallest absolute Gasteiger partial charge is 0.332 e. The summed E-state index contributed by atoms with van der Waals surface area (Å²) >= 11 is 0. The molecule has 6 nitrogen and oxygen atoms in total. The van der Waals surface area contributed by atoms with Gasteiger partial charge in [0.1, 0.15) is 11.5 Å². The van der Waals surface area contributed by atoms with Crippen LogP contribution in [0.1, 0.15) is 47.4 Å². The minimum Gasteiger partial charge on any atom is -0.332 e. The maximum absolute atomic E-state index is 15.6. The van der Waals surface area contributed by atoms with Gasteiger partial charge in [0.05, 0.1) is 17.0 Å². The molecular formula is C20H17F8N3O3S. The highest BCUT2D eigenvalue weighted by atomic mass is 32.2. The molecule has 1 aromatic carbocycles. The standard InChI is InChI=1S/C20H17F8N3O3S/c21-12-7-11(19(23,24)25)8-14(9-12)35(33,34)18(22)3-1-13(2-4-18)30-5-6-31-15(17(30)32)10-16(29-31)20(26,27)28/h7-10,13H,1-6H2/t13-,18+. The molecule has 2 heterocycles. The van der Waals surface area contributed by atoms with E-state index in [4.69, 9.17) is 0 Å². The molecule has 4 rings (SSSR count). The first-order valence-electron chi connectivity index (χ1n) is 10.3. The minimum atomic E-state index is -5.05. The van der Waals surface area contributed by atoms with Crippen molar-refractivity contribution >= 4 is 15.7 Å². The third-order valence-corrected chi connectivity index (χ3v) is 8.46. The van der Waals surface area contributed by atoms with E-state index >= 15 is 4.39 Å². The van der Waals surface area contributed by atoms with Crippen molar-refractivity contribution in [1.29, 1.82) is 0 Å². The Morgan fingerprint density at radius 1 is 0.943 bits per heavy atom. The number of fused-ring (bicyclic) bond motifs is 1. The molecule has 0 bridgehead atoms. The van der Waals surface area contributed by atoms with E-state index in [-0.39, 0.29) is 43.8 Å². The van der Waals surface area contributed by atoms with Crippen molar-refractivity contribution in [2.75, 3.05) is 6.54 Å². The van der Waals surface area contributed by atoms with E-state index in [9.17, 15) is 43.9 Å². The zero-order chi connectivity index (χ0) is 26.0. The first kappa shape index (κ1) is 25.4. The number of amides is 1. The molecule has 1 aliphatic heterocycles. The fourth-order valence-electron chi connectivity index (χ4n) is 4.40. The highest BCUT2D eigenvalue weighted by molar-refractivity contribution is 7.92. The van der Waals surface area contributed by atoms with E-state index in [1.807, 2.05) is 0 Å². The number of nitrogens with zero attached hydrogens (tertiary/aromatic N) is 3. The van der Waals surface area contributed by atoms with Gasteiger partial charge in [0.25, 0.3) is 5.91 Å². The zero-order valence-electron chi connectivity index (χ0n) is 17.6. The van der Waals surface area contributed by atoms with Crippen LogP contribution in [0.2, 0.25) is 0 Å². The maximum Gasteiger partial charge on any atom is 0.435 e. The van der Waals surface area contributed by atoms with Gasteiger partial charge in [-0.05, 0) is 43.9 Å². The van der Waals surface area contributed by atoms with Crippen molar-refractivity contribution < 1.29 is 48.3 Å². The second-order valence-electron chi connectivity index (χ2n) is 8.43. The molecule has 0 radical (unpaired) electrons. The van der Waals surface area contributed by atoms with E-state index in [1.165, 1.54) is 4.90 Å². The normalized spacial score (nSPS) is 23.9. The van der Waals surface area contributed by atoms with Crippen molar-refractivity contribution in [2.24, 2.45) is 0 Å². The number of hydrogen-bond donors (Lipinski definition) is 0. The zero-order valence-corrected chi connectivity index (χ0v) is 18.4. The molecule has 1 fully saturated rings. The minimum absolute atomic E-state index is 0.0413. The SMILES string of the molecule is O=C1c2cc(C(F)(F)F)nn2CCN1[C@H]1CC[C@@](F)(S(=O)(=O)c2cc(F)cc(C(F)(F)F)c2)CC1. The number of alkyl halides is 7. The van der Waals surface area contributed by atoms with Crippen LogP contribution in [0.15, 0.2) is 29.2 Å². The van der Waals surface area contributed by atoms with Crippen LogP contribution >= 0.6 is 0 Å². The number of sulfone groups is 1. The topological polar surface area (TPSA) is 72.3 Å². The van der Waals surface area contributed by atoms with Gasteiger partial charge in [0, 0.05) is 18.7 Å². The second kappa shape index (κ2) is 8.17. The van der Waals surface area contributed by atoms with Gasteiger partial charge in [0.2, 0.25) is 14.8 Å². The molecule has 0 unspecified atom stereocenters. The lowest BCUT2D eigenvalue weighted by Crippen LogP contribution is -2.50. The summed E-state index contributed by atoms with van der Waals surface area (Å²) < 4.78 is 134. The van der Waals surface area contributed by atoms with Gasteiger partial charge in [-0.2, -0.15) is 31.4 Å². The maximum atomic E-state index is 15.6. The molecule has 0 spiro atoms. The largest absolute Gasteiger partial charge is 0.435 e. The van der Waals surface area contributed by atoms with Crippen molar-refractivity contribution in [3.63, 3.8) is 0 Å². The predicted molar refractivity (Wildman–Crippen MR) is 103 cm³/mol. The number of aromatic nitrogens is 2. The second-order valence-corrected chi connectivity index (χ2v) is 10.6. The molecule has 2 aromatic rings. The number of benzene rings is 1. The molecule has 0 saturated heterocycles. The van der Waals surface area contributed by atoms with E-state index in [0.29, 0.717) is 12.1 Å². The third-order valence-electron chi connectivity index (χ3n) is 6.24. The Balaban J connectivity index is 1.53. The van der Waals surface area contributed by atoms with Crippen LogP contribution in [0.5, 0.6) is 0 Å². The van der Waals surface area contributed by atoms with Gasteiger partial charge in [0.15, 0.2) is 5.69 Å². The molecule has 1 amide bonds. The number of carbonyl (C=O) groups is 1. The van der Waals surface area contributed by atoms with Crippen molar-refractivity contribution in [2.45, 2.75) is 60.5 Å². The number of halogens is 8. The summed E-state index contributed by atoms with van der Waals surface area (Å²) in [6.45, 7) is -0.101. The first-order chi connectivity index (χ1) is 16.0. The molecule has 2 aliphatic rings. The average molecular weight is 531 g/mol. The molecular weight excluding hydrogens is 514 g/mol. The van der Waals surface area contributed by atoms with Crippen LogP contribution in [0.25, 0.3) is 0 Å². The van der Waals surface area contributed by atoms with Crippen molar-refractivity contribution in [3.05, 3.63) is 47.0 Å². The molecule has 0 atom stereocenters. The van der Waals surface area contributed by atoms with Crippen LogP contribution in [-0.2, 0) is 28.7 Å². The molecule has 1 saturated carbocycles. The predicted octanol–water partition coefficient (Wildman–Crippen LogP) is 4.60. The molecule has 192 valence electrons. The summed E-state index contributed by atoms with van der Waals surface area (Å²) in [5.74, 6) is -2.28. The Labute approximate surface area is 193 Å². The van der Waals surface area contributed by atoms with E-state index in [2.05, 4.69) is 5.10 Å². The average Bonchev–Trinajstić information content (AvgIpc) is 3.20. The quantitative estimate of drug-likeness (QED) is 0.543. The Morgan fingerprint density at radius 3 is 2.14 bits per heavy atom. The third kappa shape index (κ3) is 4.49.